The van der Waals surface area contributed by atoms with E-state index in [2.05, 4.69) is 6.07 Å². The smallest absolute Gasteiger partial charge is 0.258 e. The van der Waals surface area contributed by atoms with Gasteiger partial charge in [0.05, 0.1) is 15.0 Å². The summed E-state index contributed by atoms with van der Waals surface area (Å²) in [5.74, 6) is 0. The third kappa shape index (κ3) is 2.40. The maximum Gasteiger partial charge on any atom is 0.270 e. The van der Waals surface area contributed by atoms with E-state index in [9.17, 15) is 10.1 Å². The molecule has 0 aliphatic rings. The van der Waals surface area contributed by atoms with Crippen molar-refractivity contribution >= 4 is 28.9 Å². The fourth-order valence-electron chi connectivity index (χ4n) is 1.46. The van der Waals surface area contributed by atoms with E-state index < -0.39 is 4.92 Å². The number of hydrogen-bond donors (Lipinski definition) is 0. The van der Waals surface area contributed by atoms with Gasteiger partial charge < -0.3 is 0 Å². The molecule has 0 heterocycles. The van der Waals surface area contributed by atoms with Crippen LogP contribution in [0.25, 0.3) is 11.1 Å². The van der Waals surface area contributed by atoms with E-state index in [0.29, 0.717) is 21.2 Å². The summed E-state index contributed by atoms with van der Waals surface area (Å²) >= 11 is 11.9. The first kappa shape index (κ1) is 11.9. The SMILES string of the molecule is O=[N+]([O-])c1cccc(-c2cc[c]c(Cl)c2Cl)c1. The lowest BCUT2D eigenvalue weighted by Gasteiger charge is -2.05. The summed E-state index contributed by atoms with van der Waals surface area (Å²) in [6, 6.07) is 12.3. The minimum Gasteiger partial charge on any atom is -0.258 e. The van der Waals surface area contributed by atoms with Crippen molar-refractivity contribution in [2.75, 3.05) is 0 Å². The second-order valence-corrected chi connectivity index (χ2v) is 4.08. The zero-order chi connectivity index (χ0) is 12.4. The predicted octanol–water partition coefficient (Wildman–Crippen LogP) is 4.37. The molecule has 85 valence electrons. The largest absolute Gasteiger partial charge is 0.270 e. The fraction of sp³-hybridized carbons (Fsp3) is 0. The van der Waals surface area contributed by atoms with Crippen LogP contribution < -0.4 is 0 Å². The number of halogens is 2. The summed E-state index contributed by atoms with van der Waals surface area (Å²) in [7, 11) is 0. The molecule has 0 saturated heterocycles. The number of rotatable bonds is 2. The summed E-state index contributed by atoms with van der Waals surface area (Å²) < 4.78 is 0. The van der Waals surface area contributed by atoms with Crippen molar-refractivity contribution < 1.29 is 4.92 Å². The minimum atomic E-state index is -0.450. The third-order valence-corrected chi connectivity index (χ3v) is 3.04. The van der Waals surface area contributed by atoms with E-state index in [1.807, 2.05) is 0 Å². The van der Waals surface area contributed by atoms with Crippen LogP contribution in [0.2, 0.25) is 10.0 Å². The number of non-ortho nitro benzene ring substituents is 1. The van der Waals surface area contributed by atoms with Gasteiger partial charge in [0, 0.05) is 23.8 Å². The Morgan fingerprint density at radius 3 is 2.71 bits per heavy atom. The highest BCUT2D eigenvalue weighted by Crippen LogP contribution is 2.34. The normalized spacial score (nSPS) is 10.2. The molecule has 0 unspecified atom stereocenters. The Balaban J connectivity index is 2.57. The van der Waals surface area contributed by atoms with Crippen LogP contribution in [0, 0.1) is 16.2 Å². The van der Waals surface area contributed by atoms with E-state index in [0.717, 1.165) is 0 Å². The van der Waals surface area contributed by atoms with Crippen LogP contribution in [0.4, 0.5) is 5.69 Å². The van der Waals surface area contributed by atoms with Gasteiger partial charge in [-0.15, -0.1) is 0 Å². The number of benzene rings is 2. The minimum absolute atomic E-state index is 0.0162. The molecule has 3 nitrogen and oxygen atoms in total. The number of nitro benzene ring substituents is 1. The fourth-order valence-corrected chi connectivity index (χ4v) is 1.85. The van der Waals surface area contributed by atoms with Crippen molar-refractivity contribution in [1.82, 2.24) is 0 Å². The van der Waals surface area contributed by atoms with Gasteiger partial charge in [-0.05, 0) is 5.56 Å². The summed E-state index contributed by atoms with van der Waals surface area (Å²) in [5.41, 5.74) is 1.32. The maximum absolute atomic E-state index is 10.7. The van der Waals surface area contributed by atoms with Crippen molar-refractivity contribution in [3.63, 3.8) is 0 Å². The monoisotopic (exact) mass is 266 g/mol. The molecule has 1 radical (unpaired) electrons. The second kappa shape index (κ2) is 4.73. The van der Waals surface area contributed by atoms with Crippen molar-refractivity contribution in [2.45, 2.75) is 0 Å². The van der Waals surface area contributed by atoms with Gasteiger partial charge in [0.25, 0.3) is 5.69 Å². The van der Waals surface area contributed by atoms with E-state index in [4.69, 9.17) is 23.2 Å². The number of hydrogen-bond acceptors (Lipinski definition) is 2. The Bertz CT molecular complexity index is 584. The summed E-state index contributed by atoms with van der Waals surface area (Å²) in [5, 5.41) is 11.3. The quantitative estimate of drug-likeness (QED) is 0.599. The zero-order valence-electron chi connectivity index (χ0n) is 8.48. The predicted molar refractivity (Wildman–Crippen MR) is 67.4 cm³/mol. The maximum atomic E-state index is 10.7. The first-order valence-corrected chi connectivity index (χ1v) is 5.45. The molecule has 0 N–H and O–H groups in total. The summed E-state index contributed by atoms with van der Waals surface area (Å²) in [4.78, 5) is 10.2. The van der Waals surface area contributed by atoms with Gasteiger partial charge in [-0.3, -0.25) is 10.1 Å². The topological polar surface area (TPSA) is 43.1 Å². The highest BCUT2D eigenvalue weighted by molar-refractivity contribution is 6.43. The second-order valence-electron chi connectivity index (χ2n) is 3.33. The standard InChI is InChI=1S/C12H6Cl2NO2/c13-11-6-2-5-10(12(11)14)8-3-1-4-9(7-8)15(16)17/h1-5,7H. The van der Waals surface area contributed by atoms with Gasteiger partial charge >= 0.3 is 0 Å². The highest BCUT2D eigenvalue weighted by atomic mass is 35.5. The van der Waals surface area contributed by atoms with E-state index in [-0.39, 0.29) is 5.69 Å². The molecular formula is C12H6Cl2NO2. The van der Waals surface area contributed by atoms with Gasteiger partial charge in [-0.2, -0.15) is 0 Å². The van der Waals surface area contributed by atoms with Crippen LogP contribution in [0.3, 0.4) is 0 Å². The van der Waals surface area contributed by atoms with E-state index in [1.54, 1.807) is 24.3 Å². The summed E-state index contributed by atoms with van der Waals surface area (Å²) in [6.45, 7) is 0. The van der Waals surface area contributed by atoms with Gasteiger partial charge in [0.15, 0.2) is 0 Å². The lowest BCUT2D eigenvalue weighted by Crippen LogP contribution is -1.88. The first-order chi connectivity index (χ1) is 8.09. The lowest BCUT2D eigenvalue weighted by atomic mass is 10.1. The Hall–Kier alpha value is -1.58. The first-order valence-electron chi connectivity index (χ1n) is 4.70. The van der Waals surface area contributed by atoms with Gasteiger partial charge in [0.2, 0.25) is 0 Å². The lowest BCUT2D eigenvalue weighted by molar-refractivity contribution is -0.384. The van der Waals surface area contributed by atoms with Crippen molar-refractivity contribution in [3.05, 3.63) is 62.6 Å². The van der Waals surface area contributed by atoms with Crippen LogP contribution in [0.1, 0.15) is 0 Å². The highest BCUT2D eigenvalue weighted by Gasteiger charge is 2.10. The van der Waals surface area contributed by atoms with Gasteiger partial charge in [0.1, 0.15) is 0 Å². The molecule has 0 spiro atoms. The molecule has 0 atom stereocenters. The zero-order valence-corrected chi connectivity index (χ0v) is 10.00. The van der Waals surface area contributed by atoms with Crippen molar-refractivity contribution in [3.8, 4) is 11.1 Å². The van der Waals surface area contributed by atoms with Crippen LogP contribution in [-0.2, 0) is 0 Å². The van der Waals surface area contributed by atoms with Gasteiger partial charge in [-0.25, -0.2) is 0 Å². The average molecular weight is 267 g/mol. The van der Waals surface area contributed by atoms with Crippen LogP contribution in [0.5, 0.6) is 0 Å². The molecule has 2 aromatic rings. The number of nitro groups is 1. The van der Waals surface area contributed by atoms with Crippen LogP contribution in [-0.4, -0.2) is 4.92 Å². The Labute approximate surface area is 108 Å². The molecular weight excluding hydrogens is 261 g/mol. The molecule has 2 rings (SSSR count). The van der Waals surface area contributed by atoms with Crippen molar-refractivity contribution in [1.29, 1.82) is 0 Å². The Morgan fingerprint density at radius 2 is 2.00 bits per heavy atom. The van der Waals surface area contributed by atoms with Crippen LogP contribution in [0.15, 0.2) is 36.4 Å². The Kier molecular flexibility index (Phi) is 3.31. The molecule has 0 aromatic heterocycles. The molecule has 2 aromatic carbocycles. The molecule has 17 heavy (non-hydrogen) atoms. The molecule has 0 saturated carbocycles. The number of nitrogens with zero attached hydrogens (tertiary/aromatic N) is 1. The van der Waals surface area contributed by atoms with Crippen LogP contribution >= 0.6 is 23.2 Å². The molecule has 0 fully saturated rings. The Morgan fingerprint density at radius 1 is 1.24 bits per heavy atom. The molecule has 0 amide bonds. The van der Waals surface area contributed by atoms with Gasteiger partial charge in [-0.1, -0.05) is 47.5 Å². The molecule has 0 bridgehead atoms. The van der Waals surface area contributed by atoms with E-state index >= 15 is 0 Å². The third-order valence-electron chi connectivity index (χ3n) is 2.26. The van der Waals surface area contributed by atoms with Crippen molar-refractivity contribution in [2.24, 2.45) is 0 Å². The molecule has 5 heteroatoms. The average Bonchev–Trinajstić information content (AvgIpc) is 2.33. The molecule has 0 aliphatic carbocycles. The molecule has 0 aliphatic heterocycles. The van der Waals surface area contributed by atoms with E-state index in [1.165, 1.54) is 12.1 Å². The summed E-state index contributed by atoms with van der Waals surface area (Å²) in [6.07, 6.45) is 0.